The fourth-order valence-electron chi connectivity index (χ4n) is 2.30. The zero-order valence-electron chi connectivity index (χ0n) is 13.4. The summed E-state index contributed by atoms with van der Waals surface area (Å²) < 4.78 is 1.91. The van der Waals surface area contributed by atoms with Gasteiger partial charge in [0.05, 0.1) is 23.0 Å². The Kier molecular flexibility index (Phi) is 5.56. The molecule has 4 heteroatoms. The van der Waals surface area contributed by atoms with Gasteiger partial charge in [-0.25, -0.2) is 4.98 Å². The van der Waals surface area contributed by atoms with Crippen LogP contribution in [0.2, 0.25) is 0 Å². The zero-order chi connectivity index (χ0) is 16.8. The highest BCUT2D eigenvalue weighted by molar-refractivity contribution is 6.37. The second kappa shape index (κ2) is 7.62. The van der Waals surface area contributed by atoms with Crippen LogP contribution in [0.15, 0.2) is 65.7 Å². The molecule has 0 amide bonds. The van der Waals surface area contributed by atoms with Crippen LogP contribution in [0.3, 0.4) is 0 Å². The quantitative estimate of drug-likeness (QED) is 0.723. The number of hydrogen-bond donors (Lipinski definition) is 0. The highest BCUT2D eigenvalue weighted by atomic mass is 35.5. The molecule has 0 saturated carbocycles. The summed E-state index contributed by atoms with van der Waals surface area (Å²) in [6.45, 7) is 6.01. The molecule has 0 atom stereocenters. The molecular formula is C19H18ClN3. The fourth-order valence-corrected chi connectivity index (χ4v) is 2.71. The summed E-state index contributed by atoms with van der Waals surface area (Å²) in [6.07, 6.45) is 9.24. The van der Waals surface area contributed by atoms with Gasteiger partial charge in [-0.2, -0.15) is 5.26 Å². The van der Waals surface area contributed by atoms with Crippen LogP contribution in [0.1, 0.15) is 31.9 Å². The first-order valence-electron chi connectivity index (χ1n) is 7.27. The van der Waals surface area contributed by atoms with Crippen molar-refractivity contribution in [3.63, 3.8) is 0 Å². The summed E-state index contributed by atoms with van der Waals surface area (Å²) in [6, 6.07) is 9.57. The summed E-state index contributed by atoms with van der Waals surface area (Å²) in [5.41, 5.74) is 4.65. The van der Waals surface area contributed by atoms with Crippen LogP contribution in [0.25, 0.3) is 11.3 Å². The van der Waals surface area contributed by atoms with E-state index in [1.165, 1.54) is 0 Å². The number of aromatic nitrogens is 2. The zero-order valence-corrected chi connectivity index (χ0v) is 14.2. The third kappa shape index (κ3) is 4.00. The van der Waals surface area contributed by atoms with Crippen molar-refractivity contribution in [1.82, 2.24) is 9.55 Å². The van der Waals surface area contributed by atoms with E-state index >= 15 is 0 Å². The molecule has 1 aromatic carbocycles. The lowest BCUT2D eigenvalue weighted by molar-refractivity contribution is 1.10. The molecule has 0 bridgehead atoms. The molecule has 116 valence electrons. The molecule has 0 fully saturated rings. The maximum Gasteiger partial charge on any atom is 0.0991 e. The highest BCUT2D eigenvalue weighted by Gasteiger charge is 2.09. The Labute approximate surface area is 141 Å². The number of halogens is 1. The number of nitriles is 1. The van der Waals surface area contributed by atoms with Crippen molar-refractivity contribution in [3.05, 3.63) is 76.9 Å². The van der Waals surface area contributed by atoms with Crippen molar-refractivity contribution in [2.75, 3.05) is 0 Å². The summed E-state index contributed by atoms with van der Waals surface area (Å²) in [5, 5.41) is 9.58. The molecule has 23 heavy (non-hydrogen) atoms. The molecule has 0 N–H and O–H groups in total. The molecule has 0 spiro atoms. The lowest BCUT2D eigenvalue weighted by Gasteiger charge is -2.11. The van der Waals surface area contributed by atoms with Crippen molar-refractivity contribution in [2.45, 2.75) is 20.8 Å². The van der Waals surface area contributed by atoms with Crippen LogP contribution in [0, 0.1) is 11.3 Å². The van der Waals surface area contributed by atoms with E-state index < -0.39 is 0 Å². The topological polar surface area (TPSA) is 41.6 Å². The Bertz CT molecular complexity index is 797. The van der Waals surface area contributed by atoms with Gasteiger partial charge in [0.15, 0.2) is 0 Å². The first kappa shape index (κ1) is 16.8. The summed E-state index contributed by atoms with van der Waals surface area (Å²) in [5.74, 6) is 0. The average molecular weight is 324 g/mol. The molecule has 2 rings (SSSR count). The van der Waals surface area contributed by atoms with Gasteiger partial charge in [-0.3, -0.25) is 0 Å². The molecular weight excluding hydrogens is 306 g/mol. The van der Waals surface area contributed by atoms with E-state index in [1.54, 1.807) is 24.7 Å². The minimum atomic E-state index is 0.634. The molecule has 0 unspecified atom stereocenters. The van der Waals surface area contributed by atoms with Crippen LogP contribution in [0.4, 0.5) is 0 Å². The molecule has 0 aliphatic rings. The van der Waals surface area contributed by atoms with E-state index in [0.29, 0.717) is 10.6 Å². The van der Waals surface area contributed by atoms with Crippen LogP contribution in [-0.2, 0) is 0 Å². The van der Waals surface area contributed by atoms with E-state index in [-0.39, 0.29) is 0 Å². The largest absolute Gasteiger partial charge is 0.307 e. The second-order valence-electron chi connectivity index (χ2n) is 5.24. The first-order chi connectivity index (χ1) is 11.1. The standard InChI is InChI=1S/C19H18ClN3/c1-4-17(23-10-9-22-13-23)11-18(20)19(14(2)3)16-7-5-15(12-21)6-8-16/h4-11,13H,1-3H3/b17-4+,18-11+. The first-order valence-corrected chi connectivity index (χ1v) is 7.65. The van der Waals surface area contributed by atoms with E-state index in [4.69, 9.17) is 16.9 Å². The van der Waals surface area contributed by atoms with Crippen molar-refractivity contribution in [2.24, 2.45) is 0 Å². The SMILES string of the molecule is C/C=C(\C=C(\Cl)C(=C(C)C)c1ccc(C#N)cc1)n1ccnc1. The van der Waals surface area contributed by atoms with Crippen molar-refractivity contribution < 1.29 is 0 Å². The Morgan fingerprint density at radius 2 is 1.96 bits per heavy atom. The molecule has 0 aliphatic heterocycles. The van der Waals surface area contributed by atoms with E-state index in [9.17, 15) is 0 Å². The molecule has 1 aromatic heterocycles. The Morgan fingerprint density at radius 1 is 1.26 bits per heavy atom. The minimum Gasteiger partial charge on any atom is -0.307 e. The van der Waals surface area contributed by atoms with Gasteiger partial charge >= 0.3 is 0 Å². The highest BCUT2D eigenvalue weighted by Crippen LogP contribution is 2.31. The molecule has 1 heterocycles. The van der Waals surface area contributed by atoms with Gasteiger partial charge in [-0.05, 0) is 50.1 Å². The van der Waals surface area contributed by atoms with Crippen LogP contribution >= 0.6 is 11.6 Å². The van der Waals surface area contributed by atoms with Crippen molar-refractivity contribution in [1.29, 1.82) is 5.26 Å². The van der Waals surface area contributed by atoms with Gasteiger partial charge in [-0.1, -0.05) is 35.4 Å². The fraction of sp³-hybridized carbons (Fsp3) is 0.158. The number of imidazole rings is 1. The monoisotopic (exact) mass is 323 g/mol. The van der Waals surface area contributed by atoms with Gasteiger partial charge in [0, 0.05) is 18.1 Å². The minimum absolute atomic E-state index is 0.634. The van der Waals surface area contributed by atoms with Crippen LogP contribution in [-0.4, -0.2) is 9.55 Å². The van der Waals surface area contributed by atoms with E-state index in [0.717, 1.165) is 22.4 Å². The van der Waals surface area contributed by atoms with E-state index in [1.807, 2.05) is 55.8 Å². The summed E-state index contributed by atoms with van der Waals surface area (Å²) in [4.78, 5) is 4.06. The maximum atomic E-state index is 8.93. The van der Waals surface area contributed by atoms with Gasteiger partial charge in [0.1, 0.15) is 0 Å². The Balaban J connectivity index is 2.43. The number of benzene rings is 1. The van der Waals surface area contributed by atoms with Crippen molar-refractivity contribution in [3.8, 4) is 6.07 Å². The normalized spacial score (nSPS) is 12.0. The number of nitrogens with zero attached hydrogens (tertiary/aromatic N) is 3. The molecule has 2 aromatic rings. The number of hydrogen-bond acceptors (Lipinski definition) is 2. The third-order valence-electron chi connectivity index (χ3n) is 3.41. The third-order valence-corrected chi connectivity index (χ3v) is 3.71. The molecule has 0 saturated heterocycles. The lowest BCUT2D eigenvalue weighted by Crippen LogP contribution is -1.94. The van der Waals surface area contributed by atoms with Gasteiger partial charge < -0.3 is 4.57 Å². The summed E-state index contributed by atoms with van der Waals surface area (Å²) >= 11 is 6.60. The summed E-state index contributed by atoms with van der Waals surface area (Å²) in [7, 11) is 0. The van der Waals surface area contributed by atoms with Gasteiger partial charge in [0.25, 0.3) is 0 Å². The van der Waals surface area contributed by atoms with Crippen LogP contribution in [0.5, 0.6) is 0 Å². The van der Waals surface area contributed by atoms with E-state index in [2.05, 4.69) is 11.1 Å². The molecule has 3 nitrogen and oxygen atoms in total. The predicted octanol–water partition coefficient (Wildman–Crippen LogP) is 5.23. The predicted molar refractivity (Wildman–Crippen MR) is 95.5 cm³/mol. The molecule has 0 aliphatic carbocycles. The Hall–Kier alpha value is -2.57. The van der Waals surface area contributed by atoms with Crippen LogP contribution < -0.4 is 0 Å². The smallest absolute Gasteiger partial charge is 0.0991 e. The number of rotatable bonds is 4. The lowest BCUT2D eigenvalue weighted by atomic mass is 9.99. The maximum absolute atomic E-state index is 8.93. The van der Waals surface area contributed by atoms with Gasteiger partial charge in [-0.15, -0.1) is 0 Å². The van der Waals surface area contributed by atoms with Crippen molar-refractivity contribution >= 4 is 22.9 Å². The second-order valence-corrected chi connectivity index (χ2v) is 5.65. The average Bonchev–Trinajstić information content (AvgIpc) is 3.07. The molecule has 0 radical (unpaired) electrons. The Morgan fingerprint density at radius 3 is 2.43 bits per heavy atom. The van der Waals surface area contributed by atoms with Gasteiger partial charge in [0.2, 0.25) is 0 Å². The number of allylic oxidation sites excluding steroid dienone is 6.